The molecule has 0 unspecified atom stereocenters. The van der Waals surface area contributed by atoms with Gasteiger partial charge in [0.1, 0.15) is 0 Å². The lowest BCUT2D eigenvalue weighted by Crippen LogP contribution is -2.52. The molecule has 25 heavy (non-hydrogen) atoms. The Kier molecular flexibility index (Phi) is 6.64. The van der Waals surface area contributed by atoms with Crippen LogP contribution in [0, 0.1) is 0 Å². The van der Waals surface area contributed by atoms with E-state index in [1.165, 1.54) is 4.88 Å². The molecule has 1 saturated heterocycles. The predicted octanol–water partition coefficient (Wildman–Crippen LogP) is 3.24. The second-order valence-electron chi connectivity index (χ2n) is 6.54. The van der Waals surface area contributed by atoms with Crippen LogP contribution in [0.15, 0.2) is 35.0 Å². The molecular formula is C19H27N3OS2. The predicted molar refractivity (Wildman–Crippen MR) is 106 cm³/mol. The van der Waals surface area contributed by atoms with E-state index in [0.717, 1.165) is 37.6 Å². The van der Waals surface area contributed by atoms with Crippen LogP contribution in [0.2, 0.25) is 0 Å². The Morgan fingerprint density at radius 3 is 2.48 bits per heavy atom. The van der Waals surface area contributed by atoms with Gasteiger partial charge in [-0.05, 0) is 36.4 Å². The first-order valence-electron chi connectivity index (χ1n) is 8.99. The van der Waals surface area contributed by atoms with E-state index in [2.05, 4.69) is 46.5 Å². The van der Waals surface area contributed by atoms with Gasteiger partial charge in [0.15, 0.2) is 0 Å². The number of thiophene rings is 2. The van der Waals surface area contributed by atoms with Crippen LogP contribution in [0.25, 0.3) is 0 Å². The minimum absolute atomic E-state index is 0.0966. The summed E-state index contributed by atoms with van der Waals surface area (Å²) < 4.78 is 0. The third-order valence-corrected chi connectivity index (χ3v) is 6.68. The summed E-state index contributed by atoms with van der Waals surface area (Å²) >= 11 is 3.43. The lowest BCUT2D eigenvalue weighted by molar-refractivity contribution is -0.121. The number of hydrogen-bond donors (Lipinski definition) is 1. The summed E-state index contributed by atoms with van der Waals surface area (Å²) in [7, 11) is 0. The highest BCUT2D eigenvalue weighted by Crippen LogP contribution is 2.29. The summed E-state index contributed by atoms with van der Waals surface area (Å²) in [4.78, 5) is 19.9. The van der Waals surface area contributed by atoms with Crippen molar-refractivity contribution in [2.45, 2.75) is 32.4 Å². The molecule has 0 aromatic carbocycles. The van der Waals surface area contributed by atoms with Gasteiger partial charge in [0, 0.05) is 42.0 Å². The molecular weight excluding hydrogens is 350 g/mol. The van der Waals surface area contributed by atoms with Crippen LogP contribution in [0.4, 0.5) is 0 Å². The minimum Gasteiger partial charge on any atom is -0.351 e. The molecule has 4 nitrogen and oxygen atoms in total. The van der Waals surface area contributed by atoms with Gasteiger partial charge in [-0.2, -0.15) is 0 Å². The van der Waals surface area contributed by atoms with Gasteiger partial charge >= 0.3 is 0 Å². The molecule has 1 aliphatic rings. The highest BCUT2D eigenvalue weighted by molar-refractivity contribution is 7.10. The lowest BCUT2D eigenvalue weighted by Gasteiger charge is -2.41. The van der Waals surface area contributed by atoms with Gasteiger partial charge in [0.2, 0.25) is 5.91 Å². The molecule has 0 radical (unpaired) electrons. The van der Waals surface area contributed by atoms with Crippen molar-refractivity contribution in [2.75, 3.05) is 32.7 Å². The Morgan fingerprint density at radius 2 is 1.88 bits per heavy atom. The zero-order valence-electron chi connectivity index (χ0n) is 15.0. The molecule has 1 aliphatic heterocycles. The van der Waals surface area contributed by atoms with Crippen molar-refractivity contribution in [2.24, 2.45) is 0 Å². The fourth-order valence-electron chi connectivity index (χ4n) is 3.52. The summed E-state index contributed by atoms with van der Waals surface area (Å²) in [6.07, 6.45) is 0.475. The van der Waals surface area contributed by atoms with Crippen molar-refractivity contribution in [3.05, 3.63) is 44.8 Å². The van der Waals surface area contributed by atoms with E-state index in [4.69, 9.17) is 0 Å². The Morgan fingerprint density at radius 1 is 1.16 bits per heavy atom. The zero-order chi connectivity index (χ0) is 17.6. The zero-order valence-corrected chi connectivity index (χ0v) is 16.6. The molecule has 3 heterocycles. The Labute approximate surface area is 158 Å². The monoisotopic (exact) mass is 377 g/mol. The van der Waals surface area contributed by atoms with E-state index < -0.39 is 0 Å². The maximum Gasteiger partial charge on any atom is 0.225 e. The van der Waals surface area contributed by atoms with Crippen molar-refractivity contribution >= 4 is 28.6 Å². The number of rotatable bonds is 7. The molecule has 6 heteroatoms. The molecule has 2 aromatic heterocycles. The largest absolute Gasteiger partial charge is 0.351 e. The third-order valence-electron chi connectivity index (χ3n) is 4.86. The molecule has 1 fully saturated rings. The first kappa shape index (κ1) is 18.6. The topological polar surface area (TPSA) is 35.6 Å². The molecule has 0 bridgehead atoms. The van der Waals surface area contributed by atoms with Crippen LogP contribution < -0.4 is 5.32 Å². The molecule has 0 spiro atoms. The molecule has 3 rings (SSSR count). The SMILES string of the molecule is CCN1CCN([C@@H](c2cccs2)[C@@H](C)NC(=O)Cc2cccs2)CC1. The van der Waals surface area contributed by atoms with Crippen LogP contribution in [0.3, 0.4) is 0 Å². The first-order chi connectivity index (χ1) is 12.2. The van der Waals surface area contributed by atoms with Crippen molar-refractivity contribution in [3.8, 4) is 0 Å². The number of carbonyl (C=O) groups excluding carboxylic acids is 1. The molecule has 0 aliphatic carbocycles. The molecule has 1 N–H and O–H groups in total. The number of piperazine rings is 1. The van der Waals surface area contributed by atoms with Gasteiger partial charge in [-0.25, -0.2) is 0 Å². The van der Waals surface area contributed by atoms with E-state index >= 15 is 0 Å². The number of hydrogen-bond acceptors (Lipinski definition) is 5. The number of nitrogens with one attached hydrogen (secondary N) is 1. The van der Waals surface area contributed by atoms with Gasteiger partial charge in [0.05, 0.1) is 12.5 Å². The second-order valence-corrected chi connectivity index (χ2v) is 8.55. The van der Waals surface area contributed by atoms with Crippen LogP contribution in [0.1, 0.15) is 29.6 Å². The van der Waals surface area contributed by atoms with Crippen LogP contribution in [0.5, 0.6) is 0 Å². The van der Waals surface area contributed by atoms with E-state index in [0.29, 0.717) is 6.42 Å². The summed E-state index contributed by atoms with van der Waals surface area (Å²) in [5.41, 5.74) is 0. The van der Waals surface area contributed by atoms with Gasteiger partial charge in [-0.15, -0.1) is 22.7 Å². The molecule has 2 aromatic rings. The molecule has 136 valence electrons. The second kappa shape index (κ2) is 8.94. The normalized spacial score (nSPS) is 18.8. The third kappa shape index (κ3) is 4.91. The first-order valence-corrected chi connectivity index (χ1v) is 10.7. The van der Waals surface area contributed by atoms with E-state index in [9.17, 15) is 4.79 Å². The number of nitrogens with zero attached hydrogens (tertiary/aromatic N) is 2. The summed E-state index contributed by atoms with van der Waals surface area (Å²) in [6, 6.07) is 8.68. The number of carbonyl (C=O) groups is 1. The Bertz CT molecular complexity index is 634. The maximum atomic E-state index is 12.4. The summed E-state index contributed by atoms with van der Waals surface area (Å²) in [6.45, 7) is 9.80. The van der Waals surface area contributed by atoms with Gasteiger partial charge in [0.25, 0.3) is 0 Å². The van der Waals surface area contributed by atoms with Crippen molar-refractivity contribution in [3.63, 3.8) is 0 Å². The number of likely N-dealkylation sites (N-methyl/N-ethyl adjacent to an activating group) is 1. The highest BCUT2D eigenvalue weighted by Gasteiger charge is 2.30. The van der Waals surface area contributed by atoms with Gasteiger partial charge in [-0.1, -0.05) is 19.1 Å². The fourth-order valence-corrected chi connectivity index (χ4v) is 5.18. The Balaban J connectivity index is 1.65. The lowest BCUT2D eigenvalue weighted by atomic mass is 10.0. The minimum atomic E-state index is 0.0966. The Hall–Kier alpha value is -1.21. The van der Waals surface area contributed by atoms with Crippen molar-refractivity contribution in [1.82, 2.24) is 15.1 Å². The maximum absolute atomic E-state index is 12.4. The quantitative estimate of drug-likeness (QED) is 0.805. The van der Waals surface area contributed by atoms with E-state index in [1.54, 1.807) is 22.7 Å². The van der Waals surface area contributed by atoms with E-state index in [1.807, 2.05) is 17.5 Å². The standard InChI is InChI=1S/C19H27N3OS2/c1-3-21-8-10-22(11-9-21)19(17-7-5-13-25-17)15(2)20-18(23)14-16-6-4-12-24-16/h4-7,12-13,15,19H,3,8-11,14H2,1-2H3,(H,20,23)/t15-,19-/m1/s1. The van der Waals surface area contributed by atoms with Crippen LogP contribution in [-0.2, 0) is 11.2 Å². The van der Waals surface area contributed by atoms with Crippen LogP contribution in [-0.4, -0.2) is 54.5 Å². The van der Waals surface area contributed by atoms with Crippen LogP contribution >= 0.6 is 22.7 Å². The molecule has 2 atom stereocenters. The van der Waals surface area contributed by atoms with Crippen molar-refractivity contribution in [1.29, 1.82) is 0 Å². The highest BCUT2D eigenvalue weighted by atomic mass is 32.1. The van der Waals surface area contributed by atoms with Gasteiger partial charge < -0.3 is 10.2 Å². The van der Waals surface area contributed by atoms with Gasteiger partial charge in [-0.3, -0.25) is 9.69 Å². The molecule has 1 amide bonds. The smallest absolute Gasteiger partial charge is 0.225 e. The average molecular weight is 378 g/mol. The van der Waals surface area contributed by atoms with Crippen molar-refractivity contribution < 1.29 is 4.79 Å². The fraction of sp³-hybridized carbons (Fsp3) is 0.526. The number of amides is 1. The molecule has 0 saturated carbocycles. The van der Waals surface area contributed by atoms with E-state index in [-0.39, 0.29) is 18.0 Å². The summed E-state index contributed by atoms with van der Waals surface area (Å²) in [5.74, 6) is 0.115. The average Bonchev–Trinajstić information content (AvgIpc) is 3.30. The summed E-state index contributed by atoms with van der Waals surface area (Å²) in [5, 5.41) is 7.40.